The first-order chi connectivity index (χ1) is 33.2. The summed E-state index contributed by atoms with van der Waals surface area (Å²) in [6.07, 6.45) is -2.59. The van der Waals surface area contributed by atoms with Gasteiger partial charge in [-0.2, -0.15) is 0 Å². The lowest BCUT2D eigenvalue weighted by atomic mass is 10.1. The number of benzene rings is 2. The van der Waals surface area contributed by atoms with Crippen LogP contribution in [0.4, 0.5) is 20.3 Å². The number of fused-ring (bicyclic) bond motifs is 1. The molecule has 2 fully saturated rings. The molecule has 18 nitrogen and oxygen atoms in total. The van der Waals surface area contributed by atoms with E-state index in [4.69, 9.17) is 33.6 Å². The first-order valence-electron chi connectivity index (χ1n) is 24.1. The van der Waals surface area contributed by atoms with E-state index >= 15 is 0 Å². The SMILES string of the molecule is CC(C)(C)[Si](C)(C)OC[C@H]1O[C@@H](n2cnc3c(=O)n(-c4cccc(F)c4)cnc32)[C@@H](O[Si](C)(C)C(C)(C)C)C1O[Si](C)(C)C(C)(C)C.Nc1c(C(=O)Nc2cccc(F)c2)ncn1[C@@H]1O[C@H](CO)C(O)[C@@H]1O. The predicted molar refractivity (Wildman–Crippen MR) is 278 cm³/mol. The summed E-state index contributed by atoms with van der Waals surface area (Å²) in [6.45, 7) is 33.3. The molecule has 3 aromatic heterocycles. The third kappa shape index (κ3) is 11.9. The maximum absolute atomic E-state index is 14.0. The van der Waals surface area contributed by atoms with Crippen LogP contribution in [-0.2, 0) is 22.8 Å². The van der Waals surface area contributed by atoms with Gasteiger partial charge in [-0.1, -0.05) is 74.4 Å². The number of amides is 1. The average molecular weight is 1060 g/mol. The minimum atomic E-state index is -2.38. The van der Waals surface area contributed by atoms with Crippen LogP contribution in [0.25, 0.3) is 16.9 Å². The van der Waals surface area contributed by atoms with Crippen LogP contribution in [0.1, 0.15) is 85.3 Å². The second-order valence-electron chi connectivity index (χ2n) is 23.1. The topological polar surface area (TPSA) is 232 Å². The van der Waals surface area contributed by atoms with Crippen molar-refractivity contribution in [3.05, 3.63) is 95.2 Å². The molecule has 8 atom stereocenters. The highest BCUT2D eigenvalue weighted by Crippen LogP contribution is 2.47. The third-order valence-electron chi connectivity index (χ3n) is 14.9. The van der Waals surface area contributed by atoms with E-state index in [1.165, 1.54) is 52.1 Å². The highest BCUT2D eigenvalue weighted by atomic mass is 28.4. The van der Waals surface area contributed by atoms with Gasteiger partial charge >= 0.3 is 0 Å². The van der Waals surface area contributed by atoms with E-state index < -0.39 is 104 Å². The molecule has 0 spiro atoms. The summed E-state index contributed by atoms with van der Waals surface area (Å²) in [4.78, 5) is 39.0. The number of halogens is 2. The summed E-state index contributed by atoms with van der Waals surface area (Å²) in [6, 6.07) is 11.2. The largest absolute Gasteiger partial charge is 0.414 e. The van der Waals surface area contributed by atoms with Crippen LogP contribution in [0, 0.1) is 11.6 Å². The van der Waals surface area contributed by atoms with Crippen LogP contribution in [0.15, 0.2) is 72.3 Å². The number of imidazole rings is 2. The van der Waals surface area contributed by atoms with Crippen molar-refractivity contribution < 1.29 is 51.6 Å². The summed E-state index contributed by atoms with van der Waals surface area (Å²) in [5.41, 5.74) is 6.48. The molecule has 2 aliphatic rings. The molecule has 2 saturated heterocycles. The monoisotopic (exact) mass is 1060 g/mol. The third-order valence-corrected chi connectivity index (χ3v) is 28.4. The zero-order valence-electron chi connectivity index (χ0n) is 44.1. The summed E-state index contributed by atoms with van der Waals surface area (Å²) >= 11 is 0. The quantitative estimate of drug-likeness (QED) is 0.0706. The number of aromatic nitrogens is 6. The van der Waals surface area contributed by atoms with E-state index in [9.17, 15) is 28.6 Å². The normalized spacial score (nSPS) is 23.3. The van der Waals surface area contributed by atoms with Gasteiger partial charge in [0.2, 0.25) is 0 Å². The lowest BCUT2D eigenvalue weighted by Crippen LogP contribution is -2.54. The van der Waals surface area contributed by atoms with Crippen LogP contribution in [0.5, 0.6) is 0 Å². The number of anilines is 2. The molecular formula is C49H74F2N8O10Si3. The smallest absolute Gasteiger partial charge is 0.286 e. The molecule has 7 rings (SSSR count). The first-order valence-corrected chi connectivity index (χ1v) is 32.8. The molecule has 0 radical (unpaired) electrons. The van der Waals surface area contributed by atoms with Gasteiger partial charge in [-0.05, 0) is 90.8 Å². The van der Waals surface area contributed by atoms with Crippen LogP contribution >= 0.6 is 0 Å². The van der Waals surface area contributed by atoms with Gasteiger partial charge < -0.3 is 49.1 Å². The van der Waals surface area contributed by atoms with Gasteiger partial charge in [0.05, 0.1) is 31.6 Å². The fourth-order valence-electron chi connectivity index (χ4n) is 7.40. The summed E-state index contributed by atoms with van der Waals surface area (Å²) in [5, 5.41) is 31.3. The van der Waals surface area contributed by atoms with Gasteiger partial charge in [-0.15, -0.1) is 0 Å². The van der Waals surface area contributed by atoms with Crippen molar-refractivity contribution in [1.82, 2.24) is 28.7 Å². The molecular weight excluding hydrogens is 983 g/mol. The first kappa shape index (κ1) is 56.8. The van der Waals surface area contributed by atoms with Crippen LogP contribution in [0.2, 0.25) is 54.4 Å². The van der Waals surface area contributed by atoms with Gasteiger partial charge in [0, 0.05) is 5.69 Å². The second-order valence-corrected chi connectivity index (χ2v) is 37.4. The average Bonchev–Trinajstić information content (AvgIpc) is 4.02. The van der Waals surface area contributed by atoms with Crippen molar-refractivity contribution in [3.63, 3.8) is 0 Å². The van der Waals surface area contributed by atoms with Crippen molar-refractivity contribution in [2.75, 3.05) is 24.3 Å². The van der Waals surface area contributed by atoms with Crippen molar-refractivity contribution in [2.24, 2.45) is 0 Å². The molecule has 2 aromatic carbocycles. The number of carbonyl (C=O) groups excluding carboxylic acids is 1. The zero-order valence-corrected chi connectivity index (χ0v) is 47.1. The molecule has 1 amide bonds. The Labute approximate surface area is 423 Å². The van der Waals surface area contributed by atoms with Crippen LogP contribution in [-0.4, -0.2) is 125 Å². The number of carbonyl (C=O) groups is 1. The number of nitrogens with two attached hydrogens (primary N) is 1. The van der Waals surface area contributed by atoms with E-state index in [1.54, 1.807) is 23.0 Å². The minimum absolute atomic E-state index is 0.0177. The van der Waals surface area contributed by atoms with Crippen molar-refractivity contribution in [1.29, 1.82) is 0 Å². The van der Waals surface area contributed by atoms with Crippen LogP contribution in [0.3, 0.4) is 0 Å². The van der Waals surface area contributed by atoms with Gasteiger partial charge in [-0.3, -0.25) is 23.3 Å². The molecule has 2 unspecified atom stereocenters. The fourth-order valence-corrected chi connectivity index (χ4v) is 11.0. The van der Waals surface area contributed by atoms with Gasteiger partial charge in [0.1, 0.15) is 60.4 Å². The fraction of sp³-hybridized carbons (Fsp3) is 0.571. The summed E-state index contributed by atoms with van der Waals surface area (Å²) < 4.78 is 65.1. The van der Waals surface area contributed by atoms with Crippen LogP contribution < -0.4 is 16.6 Å². The number of rotatable bonds is 13. The summed E-state index contributed by atoms with van der Waals surface area (Å²) in [7, 11) is -6.84. The van der Waals surface area contributed by atoms with E-state index in [0.717, 1.165) is 6.07 Å². The molecule has 396 valence electrons. The molecule has 23 heteroatoms. The standard InChI is InChI=1S/C34H57FN4O5Si3.C15H17FN4O5/c1-32(2,3)45(10,11)41-20-25-27(43-46(12,13)33(4,5)6)28(44-47(14,15)34(7,8)9)31(42-25)39-21-36-26-29(39)37-22-38(30(26)40)24-18-16-17-23(35)19-24;16-7-2-1-3-8(4-7)19-14(24)10-13(17)20(6-18-10)15-12(23)11(22)9(5-21)25-15/h16-19,21-22,25,27-28,31H,20H2,1-15H3;1-4,6,9,11-12,15,21-23H,5,17H2,(H,19,24)/t25-,27?,28+,31-;9-,11?,12+,15-/m11/s1. The highest BCUT2D eigenvalue weighted by molar-refractivity contribution is 6.75. The number of aliphatic hydroxyl groups excluding tert-OH is 3. The number of nitrogens with one attached hydrogen (secondary N) is 1. The van der Waals surface area contributed by atoms with Gasteiger partial charge in [0.15, 0.2) is 54.3 Å². The number of nitrogen functional groups attached to an aromatic ring is 1. The van der Waals surface area contributed by atoms with Crippen molar-refractivity contribution >= 4 is 53.5 Å². The van der Waals surface area contributed by atoms with E-state index in [1.807, 2.05) is 0 Å². The Kier molecular flexibility index (Phi) is 16.6. The van der Waals surface area contributed by atoms with E-state index in [-0.39, 0.29) is 37.8 Å². The maximum atomic E-state index is 14.0. The molecule has 6 N–H and O–H groups in total. The lowest BCUT2D eigenvalue weighted by molar-refractivity contribution is -0.0518. The summed E-state index contributed by atoms with van der Waals surface area (Å²) in [5.74, 6) is -1.73. The Morgan fingerprint density at radius 2 is 1.29 bits per heavy atom. The Bertz CT molecular complexity index is 2770. The molecule has 2 aliphatic heterocycles. The van der Waals surface area contributed by atoms with Crippen molar-refractivity contribution in [2.45, 2.75) is 166 Å². The van der Waals surface area contributed by atoms with Gasteiger partial charge in [0.25, 0.3) is 11.5 Å². The Morgan fingerprint density at radius 3 is 1.85 bits per heavy atom. The Hall–Kier alpha value is -4.54. The van der Waals surface area contributed by atoms with E-state index in [2.05, 4.69) is 122 Å². The zero-order chi connectivity index (χ0) is 53.7. The Morgan fingerprint density at radius 1 is 0.736 bits per heavy atom. The lowest BCUT2D eigenvalue weighted by Gasteiger charge is -2.44. The molecule has 5 aromatic rings. The molecule has 0 aliphatic carbocycles. The minimum Gasteiger partial charge on any atom is -0.414 e. The molecule has 0 bridgehead atoms. The predicted octanol–water partition coefficient (Wildman–Crippen LogP) is 7.89. The number of hydrogen-bond acceptors (Lipinski definition) is 14. The van der Waals surface area contributed by atoms with Gasteiger partial charge in [-0.25, -0.2) is 23.7 Å². The molecule has 72 heavy (non-hydrogen) atoms. The maximum Gasteiger partial charge on any atom is 0.286 e. The molecule has 5 heterocycles. The highest BCUT2D eigenvalue weighted by Gasteiger charge is 2.55. The molecule has 0 saturated carbocycles. The Balaban J connectivity index is 0.000000283. The number of nitrogens with zero attached hydrogens (tertiary/aromatic N) is 6. The number of hydrogen-bond donors (Lipinski definition) is 5. The van der Waals surface area contributed by atoms with E-state index in [0.29, 0.717) is 17.9 Å². The van der Waals surface area contributed by atoms with Crippen molar-refractivity contribution in [3.8, 4) is 5.69 Å². The number of aliphatic hydroxyl groups is 3. The second kappa shape index (κ2) is 21.0. The number of ether oxygens (including phenoxy) is 2.